The van der Waals surface area contributed by atoms with Gasteiger partial charge in [-0.2, -0.15) is 0 Å². The first-order valence-electron chi connectivity index (χ1n) is 9.97. The maximum Gasteiger partial charge on any atom is 0.321 e. The van der Waals surface area contributed by atoms with Gasteiger partial charge in [0.2, 0.25) is 0 Å². The van der Waals surface area contributed by atoms with Crippen LogP contribution >= 0.6 is 0 Å². The van der Waals surface area contributed by atoms with Gasteiger partial charge in [0.1, 0.15) is 17.7 Å². The van der Waals surface area contributed by atoms with Crippen LogP contribution < -0.4 is 15.0 Å². The Morgan fingerprint density at radius 3 is 2.75 bits per heavy atom. The van der Waals surface area contributed by atoms with E-state index in [9.17, 15) is 9.18 Å². The molecule has 0 atom stereocenters. The number of amides is 2. The predicted molar refractivity (Wildman–Crippen MR) is 107 cm³/mol. The Labute approximate surface area is 165 Å². The van der Waals surface area contributed by atoms with Crippen LogP contribution in [0.25, 0.3) is 0 Å². The largest absolute Gasteiger partial charge is 0.488 e. The van der Waals surface area contributed by atoms with Crippen molar-refractivity contribution < 1.29 is 13.9 Å². The second-order valence-corrected chi connectivity index (χ2v) is 7.42. The molecular formula is C22H26FN3O2. The van der Waals surface area contributed by atoms with E-state index in [1.165, 1.54) is 17.7 Å². The second-order valence-electron chi connectivity index (χ2n) is 7.42. The third-order valence-electron chi connectivity index (χ3n) is 5.32. The lowest BCUT2D eigenvalue weighted by molar-refractivity contribution is 0.0196. The fraction of sp³-hybridized carbons (Fsp3) is 0.409. The summed E-state index contributed by atoms with van der Waals surface area (Å²) in [5.74, 6) is 0.456. The van der Waals surface area contributed by atoms with Gasteiger partial charge >= 0.3 is 6.03 Å². The summed E-state index contributed by atoms with van der Waals surface area (Å²) < 4.78 is 18.7. The highest BCUT2D eigenvalue weighted by atomic mass is 19.1. The van der Waals surface area contributed by atoms with Gasteiger partial charge in [-0.3, -0.25) is 9.80 Å². The van der Waals surface area contributed by atoms with Crippen LogP contribution in [0.1, 0.15) is 18.4 Å². The molecule has 0 aliphatic carbocycles. The molecule has 2 amide bonds. The highest BCUT2D eigenvalue weighted by Crippen LogP contribution is 2.26. The average Bonchev–Trinajstić information content (AvgIpc) is 2.69. The van der Waals surface area contributed by atoms with E-state index in [1.54, 1.807) is 12.1 Å². The van der Waals surface area contributed by atoms with Crippen molar-refractivity contribution in [2.24, 2.45) is 0 Å². The van der Waals surface area contributed by atoms with Gasteiger partial charge in [-0.05, 0) is 55.2 Å². The van der Waals surface area contributed by atoms with Gasteiger partial charge < -0.3 is 10.1 Å². The number of carbonyl (C=O) groups is 1. The zero-order valence-corrected chi connectivity index (χ0v) is 15.9. The van der Waals surface area contributed by atoms with Crippen molar-refractivity contribution in [1.82, 2.24) is 10.2 Å². The first-order valence-corrected chi connectivity index (χ1v) is 9.97. The number of para-hydroxylation sites is 1. The van der Waals surface area contributed by atoms with Gasteiger partial charge in [0, 0.05) is 38.4 Å². The third-order valence-corrected chi connectivity index (χ3v) is 5.32. The molecule has 2 aromatic rings. The highest BCUT2D eigenvalue weighted by molar-refractivity contribution is 5.93. The lowest BCUT2D eigenvalue weighted by Gasteiger charge is -2.39. The molecule has 0 aromatic heterocycles. The van der Waals surface area contributed by atoms with Crippen LogP contribution in [0.4, 0.5) is 14.9 Å². The monoisotopic (exact) mass is 383 g/mol. The molecule has 0 unspecified atom stereocenters. The summed E-state index contributed by atoms with van der Waals surface area (Å²) in [6, 6.07) is 14.3. The molecule has 2 aliphatic heterocycles. The molecule has 0 saturated carbocycles. The number of carbonyl (C=O) groups excluding carboxylic acids is 1. The Morgan fingerprint density at radius 2 is 1.93 bits per heavy atom. The molecule has 6 heteroatoms. The number of nitrogens with zero attached hydrogens (tertiary/aromatic N) is 2. The molecule has 28 heavy (non-hydrogen) atoms. The van der Waals surface area contributed by atoms with Crippen LogP contribution in [0, 0.1) is 5.82 Å². The molecule has 2 heterocycles. The summed E-state index contributed by atoms with van der Waals surface area (Å²) in [5.41, 5.74) is 2.28. The number of nitrogens with one attached hydrogen (secondary N) is 1. The van der Waals surface area contributed by atoms with Crippen LogP contribution in [-0.2, 0) is 6.42 Å². The number of fused-ring (bicyclic) bond motifs is 1. The second kappa shape index (κ2) is 8.61. The maximum atomic E-state index is 12.9. The smallest absolute Gasteiger partial charge is 0.321 e. The number of hydrogen-bond donors (Lipinski definition) is 1. The van der Waals surface area contributed by atoms with Crippen molar-refractivity contribution in [2.75, 3.05) is 37.6 Å². The predicted octanol–water partition coefficient (Wildman–Crippen LogP) is 3.44. The average molecular weight is 383 g/mol. The summed E-state index contributed by atoms with van der Waals surface area (Å²) in [5, 5.41) is 3.05. The summed E-state index contributed by atoms with van der Waals surface area (Å²) in [7, 11) is 0. The van der Waals surface area contributed by atoms with Crippen LogP contribution in [0.3, 0.4) is 0 Å². The Morgan fingerprint density at radius 1 is 1.14 bits per heavy atom. The van der Waals surface area contributed by atoms with Gasteiger partial charge in [-0.15, -0.1) is 0 Å². The fourth-order valence-corrected chi connectivity index (χ4v) is 3.82. The zero-order chi connectivity index (χ0) is 19.3. The molecule has 0 spiro atoms. The quantitative estimate of drug-likeness (QED) is 0.778. The van der Waals surface area contributed by atoms with Gasteiger partial charge in [-0.25, -0.2) is 9.18 Å². The summed E-state index contributed by atoms with van der Waals surface area (Å²) in [4.78, 5) is 16.7. The minimum Gasteiger partial charge on any atom is -0.488 e. The third kappa shape index (κ3) is 4.44. The lowest BCUT2D eigenvalue weighted by atomic mass is 10.0. The molecule has 1 fully saturated rings. The minimum absolute atomic E-state index is 0.00622. The molecule has 0 bridgehead atoms. The topological polar surface area (TPSA) is 44.8 Å². The standard InChI is InChI=1S/C22H26FN3O2/c23-18-8-10-19(11-9-18)28-20-15-25(16-20)13-4-12-24-22(27)26-14-3-6-17-5-1-2-7-21(17)26/h1-2,5,7-11,20H,3-4,6,12-16H2,(H,24,27). The summed E-state index contributed by atoms with van der Waals surface area (Å²) >= 11 is 0. The van der Waals surface area contributed by atoms with Crippen molar-refractivity contribution in [3.8, 4) is 5.75 Å². The number of halogens is 1. The number of aryl methyl sites for hydroxylation is 1. The first-order chi connectivity index (χ1) is 13.7. The van der Waals surface area contributed by atoms with Gasteiger partial charge in [0.25, 0.3) is 0 Å². The SMILES string of the molecule is O=C(NCCCN1CC(Oc2ccc(F)cc2)C1)N1CCCc2ccccc21. The van der Waals surface area contributed by atoms with Crippen molar-refractivity contribution in [3.63, 3.8) is 0 Å². The molecule has 4 rings (SSSR count). The van der Waals surface area contributed by atoms with Gasteiger partial charge in [0.05, 0.1) is 0 Å². The molecular weight excluding hydrogens is 357 g/mol. The number of ether oxygens (including phenoxy) is 1. The van der Waals surface area contributed by atoms with Crippen LogP contribution in [-0.4, -0.2) is 49.8 Å². The van der Waals surface area contributed by atoms with Crippen molar-refractivity contribution >= 4 is 11.7 Å². The van der Waals surface area contributed by atoms with E-state index in [2.05, 4.69) is 16.3 Å². The molecule has 1 N–H and O–H groups in total. The van der Waals surface area contributed by atoms with Crippen LogP contribution in [0.15, 0.2) is 48.5 Å². The molecule has 2 aromatic carbocycles. The normalized spacial score (nSPS) is 17.0. The van der Waals surface area contributed by atoms with Crippen molar-refractivity contribution in [1.29, 1.82) is 0 Å². The number of urea groups is 1. The fourth-order valence-electron chi connectivity index (χ4n) is 3.82. The highest BCUT2D eigenvalue weighted by Gasteiger charge is 2.28. The number of rotatable bonds is 6. The van der Waals surface area contributed by atoms with E-state index in [0.717, 1.165) is 51.1 Å². The Balaban J connectivity index is 1.14. The first kappa shape index (κ1) is 18.7. The van der Waals surface area contributed by atoms with E-state index < -0.39 is 0 Å². The number of anilines is 1. The van der Waals surface area contributed by atoms with Crippen LogP contribution in [0.2, 0.25) is 0 Å². The van der Waals surface area contributed by atoms with E-state index in [4.69, 9.17) is 4.74 Å². The molecule has 1 saturated heterocycles. The summed E-state index contributed by atoms with van der Waals surface area (Å²) in [6.07, 6.45) is 3.11. The maximum absolute atomic E-state index is 12.9. The van der Waals surface area contributed by atoms with Gasteiger partial charge in [0.15, 0.2) is 0 Å². The van der Waals surface area contributed by atoms with E-state index >= 15 is 0 Å². The number of hydrogen-bond acceptors (Lipinski definition) is 3. The lowest BCUT2D eigenvalue weighted by Crippen LogP contribution is -2.54. The number of benzene rings is 2. The number of likely N-dealkylation sites (tertiary alicyclic amines) is 1. The Bertz CT molecular complexity index is 806. The van der Waals surface area contributed by atoms with E-state index in [0.29, 0.717) is 12.3 Å². The van der Waals surface area contributed by atoms with Crippen molar-refractivity contribution in [2.45, 2.75) is 25.4 Å². The minimum atomic E-state index is -0.252. The molecule has 148 valence electrons. The van der Waals surface area contributed by atoms with Crippen molar-refractivity contribution in [3.05, 3.63) is 59.9 Å². The molecule has 5 nitrogen and oxygen atoms in total. The Hall–Kier alpha value is -2.60. The van der Waals surface area contributed by atoms with Gasteiger partial charge in [-0.1, -0.05) is 18.2 Å². The molecule has 0 radical (unpaired) electrons. The summed E-state index contributed by atoms with van der Waals surface area (Å²) in [6.45, 7) is 4.10. The zero-order valence-electron chi connectivity index (χ0n) is 15.9. The molecule has 2 aliphatic rings. The van der Waals surface area contributed by atoms with E-state index in [-0.39, 0.29) is 18.0 Å². The van der Waals surface area contributed by atoms with E-state index in [1.807, 2.05) is 23.1 Å². The Kier molecular flexibility index (Phi) is 5.76. The van der Waals surface area contributed by atoms with Crippen LogP contribution in [0.5, 0.6) is 5.75 Å².